The molecule has 4 heteroatoms. The molecule has 4 nitrogen and oxygen atoms in total. The molecule has 0 amide bonds. The van der Waals surface area contributed by atoms with Crippen molar-refractivity contribution in [3.8, 4) is 0 Å². The number of carbonyl (C=O) groups is 2. The van der Waals surface area contributed by atoms with Crippen molar-refractivity contribution in [2.45, 2.75) is 64.7 Å². The average molecular weight is 243 g/mol. The summed E-state index contributed by atoms with van der Waals surface area (Å²) in [5.74, 6) is -0.921. The molecule has 0 saturated carbocycles. The van der Waals surface area contributed by atoms with Crippen molar-refractivity contribution in [3.63, 3.8) is 0 Å². The fourth-order valence-corrected chi connectivity index (χ4v) is 1.69. The zero-order valence-corrected chi connectivity index (χ0v) is 10.9. The Morgan fingerprint density at radius 1 is 0.882 bits per heavy atom. The van der Waals surface area contributed by atoms with E-state index in [1.54, 1.807) is 0 Å². The van der Waals surface area contributed by atoms with Crippen molar-refractivity contribution in [3.05, 3.63) is 0 Å². The molecule has 0 bridgehead atoms. The van der Waals surface area contributed by atoms with Gasteiger partial charge in [0.1, 0.15) is 0 Å². The van der Waals surface area contributed by atoms with E-state index in [1.165, 1.54) is 32.6 Å². The maximum absolute atomic E-state index is 11.0. The molecule has 0 aliphatic heterocycles. The van der Waals surface area contributed by atoms with Crippen molar-refractivity contribution < 1.29 is 14.3 Å². The summed E-state index contributed by atoms with van der Waals surface area (Å²) in [5, 5.41) is 0. The van der Waals surface area contributed by atoms with Gasteiger partial charge in [0.05, 0.1) is 0 Å². The van der Waals surface area contributed by atoms with E-state index in [2.05, 4.69) is 4.74 Å². The Hall–Kier alpha value is -0.900. The van der Waals surface area contributed by atoms with Crippen LogP contribution in [0.4, 0.5) is 0 Å². The standard InChI is InChI=1S/C13H25NO3/c1-12(15)17-13(16)10-8-6-4-2-3-5-7-9-11-14/h2-11,14H2,1H3. The first-order valence-electron chi connectivity index (χ1n) is 6.58. The SMILES string of the molecule is CC(=O)OC(=O)CCCCCCCCCCN. The van der Waals surface area contributed by atoms with Gasteiger partial charge >= 0.3 is 11.9 Å². The fourth-order valence-electron chi connectivity index (χ4n) is 1.69. The summed E-state index contributed by atoms with van der Waals surface area (Å²) in [6.07, 6.45) is 9.41. The molecule has 0 spiro atoms. The van der Waals surface area contributed by atoms with Crippen LogP contribution in [-0.4, -0.2) is 18.5 Å². The number of rotatable bonds is 10. The monoisotopic (exact) mass is 243 g/mol. The maximum atomic E-state index is 11.0. The lowest BCUT2D eigenvalue weighted by atomic mass is 10.1. The number of nitrogens with two attached hydrogens (primary N) is 1. The summed E-state index contributed by atoms with van der Waals surface area (Å²) in [6, 6.07) is 0. The first-order valence-corrected chi connectivity index (χ1v) is 6.58. The summed E-state index contributed by atoms with van der Waals surface area (Å²) >= 11 is 0. The summed E-state index contributed by atoms with van der Waals surface area (Å²) < 4.78 is 4.43. The van der Waals surface area contributed by atoms with Gasteiger partial charge in [0.2, 0.25) is 0 Å². The molecule has 0 radical (unpaired) electrons. The Morgan fingerprint density at radius 2 is 1.35 bits per heavy atom. The van der Waals surface area contributed by atoms with E-state index in [9.17, 15) is 9.59 Å². The number of carbonyl (C=O) groups excluding carboxylic acids is 2. The number of hydrogen-bond acceptors (Lipinski definition) is 4. The average Bonchev–Trinajstić information content (AvgIpc) is 2.26. The second-order valence-electron chi connectivity index (χ2n) is 4.33. The number of ether oxygens (including phenoxy) is 1. The Morgan fingerprint density at radius 3 is 1.82 bits per heavy atom. The third-order valence-electron chi connectivity index (χ3n) is 2.59. The van der Waals surface area contributed by atoms with Crippen LogP contribution < -0.4 is 5.73 Å². The van der Waals surface area contributed by atoms with Gasteiger partial charge < -0.3 is 10.5 Å². The smallest absolute Gasteiger partial charge is 0.313 e. The molecular formula is C13H25NO3. The third-order valence-corrected chi connectivity index (χ3v) is 2.59. The highest BCUT2D eigenvalue weighted by atomic mass is 16.6. The van der Waals surface area contributed by atoms with Gasteiger partial charge in [0.25, 0.3) is 0 Å². The molecule has 0 aromatic rings. The third kappa shape index (κ3) is 13.0. The molecule has 0 aliphatic carbocycles. The lowest BCUT2D eigenvalue weighted by Crippen LogP contribution is -2.08. The Labute approximate surface area is 104 Å². The largest absolute Gasteiger partial charge is 0.393 e. The Bertz CT molecular complexity index is 217. The van der Waals surface area contributed by atoms with Gasteiger partial charge in [-0.2, -0.15) is 0 Å². The second kappa shape index (κ2) is 11.6. The Balaban J connectivity index is 3.13. The molecule has 0 rings (SSSR count). The van der Waals surface area contributed by atoms with Crippen molar-refractivity contribution in [1.82, 2.24) is 0 Å². The van der Waals surface area contributed by atoms with E-state index in [-0.39, 0.29) is 0 Å². The maximum Gasteiger partial charge on any atom is 0.313 e. The molecule has 0 aliphatic rings. The van der Waals surface area contributed by atoms with Gasteiger partial charge in [-0.15, -0.1) is 0 Å². The van der Waals surface area contributed by atoms with Crippen LogP contribution >= 0.6 is 0 Å². The van der Waals surface area contributed by atoms with Crippen LogP contribution in [0.5, 0.6) is 0 Å². The van der Waals surface area contributed by atoms with Gasteiger partial charge in [-0.1, -0.05) is 38.5 Å². The van der Waals surface area contributed by atoms with Gasteiger partial charge in [-0.25, -0.2) is 0 Å². The van der Waals surface area contributed by atoms with E-state index in [0.29, 0.717) is 6.42 Å². The van der Waals surface area contributed by atoms with Crippen molar-refractivity contribution in [2.24, 2.45) is 5.73 Å². The molecule has 0 unspecified atom stereocenters. The fraction of sp³-hybridized carbons (Fsp3) is 0.846. The highest BCUT2D eigenvalue weighted by molar-refractivity contribution is 5.83. The van der Waals surface area contributed by atoms with Crippen LogP contribution in [0.15, 0.2) is 0 Å². The lowest BCUT2D eigenvalue weighted by Gasteiger charge is -2.02. The number of esters is 2. The van der Waals surface area contributed by atoms with Gasteiger partial charge in [0, 0.05) is 13.3 Å². The molecular weight excluding hydrogens is 218 g/mol. The zero-order chi connectivity index (χ0) is 12.9. The minimum Gasteiger partial charge on any atom is -0.393 e. The van der Waals surface area contributed by atoms with Crippen LogP contribution in [-0.2, 0) is 14.3 Å². The van der Waals surface area contributed by atoms with Crippen molar-refractivity contribution in [1.29, 1.82) is 0 Å². The first kappa shape index (κ1) is 16.1. The topological polar surface area (TPSA) is 69.4 Å². The highest BCUT2D eigenvalue weighted by Gasteiger charge is 2.04. The molecule has 0 aromatic carbocycles. The lowest BCUT2D eigenvalue weighted by molar-refractivity contribution is -0.158. The molecule has 0 aromatic heterocycles. The molecule has 17 heavy (non-hydrogen) atoms. The summed E-state index contributed by atoms with van der Waals surface area (Å²) in [4.78, 5) is 21.5. The van der Waals surface area contributed by atoms with Crippen molar-refractivity contribution in [2.75, 3.05) is 6.54 Å². The Kier molecular flexibility index (Phi) is 11.0. The quantitative estimate of drug-likeness (QED) is 0.363. The van der Waals surface area contributed by atoms with E-state index in [4.69, 9.17) is 5.73 Å². The highest BCUT2D eigenvalue weighted by Crippen LogP contribution is 2.09. The van der Waals surface area contributed by atoms with Gasteiger partial charge in [-0.05, 0) is 19.4 Å². The minimum atomic E-state index is -0.519. The van der Waals surface area contributed by atoms with E-state index in [1.807, 2.05) is 0 Å². The van der Waals surface area contributed by atoms with Crippen LogP contribution in [0, 0.1) is 0 Å². The van der Waals surface area contributed by atoms with Gasteiger partial charge in [-0.3, -0.25) is 9.59 Å². The second-order valence-corrected chi connectivity index (χ2v) is 4.33. The molecule has 0 saturated heterocycles. The van der Waals surface area contributed by atoms with Crippen LogP contribution in [0.25, 0.3) is 0 Å². The predicted molar refractivity (Wildman–Crippen MR) is 67.4 cm³/mol. The molecule has 0 fully saturated rings. The number of unbranched alkanes of at least 4 members (excludes halogenated alkanes) is 7. The molecule has 2 N–H and O–H groups in total. The van der Waals surface area contributed by atoms with E-state index < -0.39 is 11.9 Å². The first-order chi connectivity index (χ1) is 8.16. The predicted octanol–water partition coefficient (Wildman–Crippen LogP) is 2.55. The molecule has 0 atom stereocenters. The molecule has 100 valence electrons. The number of hydrogen-bond donors (Lipinski definition) is 1. The summed E-state index contributed by atoms with van der Waals surface area (Å²) in [6.45, 7) is 2.04. The van der Waals surface area contributed by atoms with Crippen LogP contribution in [0.2, 0.25) is 0 Å². The molecule has 0 heterocycles. The van der Waals surface area contributed by atoms with E-state index >= 15 is 0 Å². The summed E-state index contributed by atoms with van der Waals surface area (Å²) in [7, 11) is 0. The van der Waals surface area contributed by atoms with Crippen molar-refractivity contribution >= 4 is 11.9 Å². The minimum absolute atomic E-state index is 0.354. The zero-order valence-electron chi connectivity index (χ0n) is 10.9. The van der Waals surface area contributed by atoms with Gasteiger partial charge in [0.15, 0.2) is 0 Å². The van der Waals surface area contributed by atoms with Crippen LogP contribution in [0.3, 0.4) is 0 Å². The normalized spacial score (nSPS) is 10.2. The van der Waals surface area contributed by atoms with Crippen LogP contribution in [0.1, 0.15) is 64.7 Å². The van der Waals surface area contributed by atoms with E-state index in [0.717, 1.165) is 32.2 Å². The summed E-state index contributed by atoms with van der Waals surface area (Å²) in [5.41, 5.74) is 5.40.